The van der Waals surface area contributed by atoms with Gasteiger partial charge in [-0.3, -0.25) is 0 Å². The maximum Gasteiger partial charge on any atom is 0.232 e. The van der Waals surface area contributed by atoms with Crippen LogP contribution in [0.1, 0.15) is 0 Å². The van der Waals surface area contributed by atoms with Crippen molar-refractivity contribution in [2.45, 2.75) is 0 Å². The zero-order chi connectivity index (χ0) is 16.1. The molecule has 23 heavy (non-hydrogen) atoms. The highest BCUT2D eigenvalue weighted by Gasteiger charge is 2.19. The van der Waals surface area contributed by atoms with Crippen LogP contribution in [0.4, 0.5) is 17.6 Å². The van der Waals surface area contributed by atoms with Crippen molar-refractivity contribution in [3.05, 3.63) is 6.07 Å². The number of aromatic nitrogens is 2. The summed E-state index contributed by atoms with van der Waals surface area (Å²) in [5, 5.41) is 6.41. The van der Waals surface area contributed by atoms with Crippen molar-refractivity contribution in [3.63, 3.8) is 0 Å². The molecule has 2 aliphatic heterocycles. The van der Waals surface area contributed by atoms with Gasteiger partial charge in [-0.05, 0) is 12.2 Å². The Hall–Kier alpha value is -1.71. The summed E-state index contributed by atoms with van der Waals surface area (Å²) in [6.07, 6.45) is 0. The average Bonchev–Trinajstić information content (AvgIpc) is 2.63. The van der Waals surface area contributed by atoms with Crippen LogP contribution in [0.25, 0.3) is 0 Å². The molecule has 1 aromatic rings. The first-order chi connectivity index (χ1) is 11.3. The minimum Gasteiger partial charge on any atom is -0.378 e. The van der Waals surface area contributed by atoms with Gasteiger partial charge in [0.2, 0.25) is 5.95 Å². The predicted octanol–water partition coefficient (Wildman–Crippen LogP) is 0.0660. The summed E-state index contributed by atoms with van der Waals surface area (Å²) in [6.45, 7) is 6.18. The largest absolute Gasteiger partial charge is 0.378 e. The fraction of sp³-hybridized carbons (Fsp3) is 0.643. The van der Waals surface area contributed by atoms with Crippen LogP contribution in [0.3, 0.4) is 0 Å². The molecule has 126 valence electrons. The summed E-state index contributed by atoms with van der Waals surface area (Å²) in [5.74, 6) is 2.30. The topological polar surface area (TPSA) is 74.8 Å². The summed E-state index contributed by atoms with van der Waals surface area (Å²) in [7, 11) is 1.77. The van der Waals surface area contributed by atoms with Crippen LogP contribution >= 0.6 is 12.2 Å². The molecule has 0 atom stereocenters. The minimum absolute atomic E-state index is 0.497. The van der Waals surface area contributed by atoms with Crippen molar-refractivity contribution in [2.75, 3.05) is 74.8 Å². The van der Waals surface area contributed by atoms with E-state index in [0.717, 1.165) is 37.8 Å². The Labute approximate surface area is 141 Å². The standard InChI is InChI=1S/C14H22N6O2S/c1-15-14(23)18-13-16-11(19-2-6-21-7-3-19)10-12(17-13)20-4-8-22-9-5-20/h10H,2-9H2,1H3,(H2,15,16,17,18,23). The van der Waals surface area contributed by atoms with Gasteiger partial charge in [0.05, 0.1) is 26.4 Å². The number of nitrogens with one attached hydrogen (secondary N) is 2. The smallest absolute Gasteiger partial charge is 0.232 e. The van der Waals surface area contributed by atoms with E-state index in [0.29, 0.717) is 37.5 Å². The fourth-order valence-electron chi connectivity index (χ4n) is 2.55. The first kappa shape index (κ1) is 16.2. The Morgan fingerprint density at radius 2 is 1.48 bits per heavy atom. The van der Waals surface area contributed by atoms with Gasteiger partial charge in [-0.1, -0.05) is 0 Å². The van der Waals surface area contributed by atoms with Crippen LogP contribution in [0, 0.1) is 0 Å². The van der Waals surface area contributed by atoms with Crippen molar-refractivity contribution < 1.29 is 9.47 Å². The number of ether oxygens (including phenoxy) is 2. The van der Waals surface area contributed by atoms with Crippen molar-refractivity contribution in [1.82, 2.24) is 15.3 Å². The number of thiocarbonyl (C=S) groups is 1. The van der Waals surface area contributed by atoms with Crippen LogP contribution in [-0.4, -0.2) is 74.7 Å². The number of nitrogens with zero attached hydrogens (tertiary/aromatic N) is 4. The molecule has 2 N–H and O–H groups in total. The van der Waals surface area contributed by atoms with E-state index in [2.05, 4.69) is 30.4 Å². The molecule has 3 rings (SSSR count). The Morgan fingerprint density at radius 1 is 1.00 bits per heavy atom. The number of anilines is 3. The summed E-state index contributed by atoms with van der Waals surface area (Å²) in [4.78, 5) is 13.6. The van der Waals surface area contributed by atoms with Gasteiger partial charge in [-0.2, -0.15) is 9.97 Å². The van der Waals surface area contributed by atoms with E-state index in [1.165, 1.54) is 0 Å². The van der Waals surface area contributed by atoms with Gasteiger partial charge in [-0.25, -0.2) is 0 Å². The maximum atomic E-state index is 5.42. The number of hydrogen-bond acceptors (Lipinski definition) is 7. The summed E-state index contributed by atoms with van der Waals surface area (Å²) >= 11 is 5.17. The van der Waals surface area contributed by atoms with Gasteiger partial charge >= 0.3 is 0 Å². The van der Waals surface area contributed by atoms with Crippen LogP contribution < -0.4 is 20.4 Å². The Balaban J connectivity index is 1.87. The second kappa shape index (κ2) is 7.71. The summed E-state index contributed by atoms with van der Waals surface area (Å²) in [5.41, 5.74) is 0. The zero-order valence-corrected chi connectivity index (χ0v) is 14.1. The number of morpholine rings is 2. The highest BCUT2D eigenvalue weighted by atomic mass is 32.1. The molecular weight excluding hydrogens is 316 g/mol. The first-order valence-electron chi connectivity index (χ1n) is 7.79. The van der Waals surface area contributed by atoms with Gasteiger partial charge < -0.3 is 29.9 Å². The highest BCUT2D eigenvalue weighted by Crippen LogP contribution is 2.22. The molecule has 0 radical (unpaired) electrons. The Kier molecular flexibility index (Phi) is 5.42. The van der Waals surface area contributed by atoms with Gasteiger partial charge in [0.15, 0.2) is 5.11 Å². The molecule has 0 saturated carbocycles. The molecule has 1 aromatic heterocycles. The van der Waals surface area contributed by atoms with E-state index in [9.17, 15) is 0 Å². The lowest BCUT2D eigenvalue weighted by molar-refractivity contribution is 0.122. The number of rotatable bonds is 3. The van der Waals surface area contributed by atoms with Gasteiger partial charge in [-0.15, -0.1) is 0 Å². The molecule has 8 nitrogen and oxygen atoms in total. The van der Waals surface area contributed by atoms with Crippen molar-refractivity contribution in [2.24, 2.45) is 0 Å². The second-order valence-electron chi connectivity index (χ2n) is 5.31. The fourth-order valence-corrected chi connectivity index (χ4v) is 2.64. The maximum absolute atomic E-state index is 5.42. The lowest BCUT2D eigenvalue weighted by Crippen LogP contribution is -2.39. The normalized spacial score (nSPS) is 18.7. The first-order valence-corrected chi connectivity index (χ1v) is 8.20. The van der Waals surface area contributed by atoms with Crippen LogP contribution in [0.2, 0.25) is 0 Å². The van der Waals surface area contributed by atoms with Crippen LogP contribution in [0.15, 0.2) is 6.07 Å². The van der Waals surface area contributed by atoms with E-state index < -0.39 is 0 Å². The highest BCUT2D eigenvalue weighted by molar-refractivity contribution is 7.80. The van der Waals surface area contributed by atoms with Gasteiger partial charge in [0.25, 0.3) is 0 Å². The van der Waals surface area contributed by atoms with E-state index in [-0.39, 0.29) is 0 Å². The molecule has 3 heterocycles. The molecule has 0 aliphatic carbocycles. The van der Waals surface area contributed by atoms with Crippen molar-refractivity contribution in [1.29, 1.82) is 0 Å². The molecule has 0 amide bonds. The third kappa shape index (κ3) is 4.18. The van der Waals surface area contributed by atoms with E-state index in [1.807, 2.05) is 6.07 Å². The quantitative estimate of drug-likeness (QED) is 0.745. The zero-order valence-electron chi connectivity index (χ0n) is 13.2. The van der Waals surface area contributed by atoms with Crippen molar-refractivity contribution >= 4 is 34.9 Å². The van der Waals surface area contributed by atoms with E-state index >= 15 is 0 Å². The van der Waals surface area contributed by atoms with Gasteiger partial charge in [0.1, 0.15) is 11.6 Å². The molecule has 2 saturated heterocycles. The van der Waals surface area contributed by atoms with Crippen LogP contribution in [-0.2, 0) is 9.47 Å². The summed E-state index contributed by atoms with van der Waals surface area (Å²) < 4.78 is 10.8. The average molecular weight is 338 g/mol. The van der Waals surface area contributed by atoms with E-state index in [1.54, 1.807) is 7.05 Å². The van der Waals surface area contributed by atoms with Crippen molar-refractivity contribution in [3.8, 4) is 0 Å². The molecule has 0 spiro atoms. The molecule has 0 aromatic carbocycles. The lowest BCUT2D eigenvalue weighted by Gasteiger charge is -2.31. The molecular formula is C14H22N6O2S. The molecule has 9 heteroatoms. The molecule has 2 aliphatic rings. The second-order valence-corrected chi connectivity index (χ2v) is 5.72. The lowest BCUT2D eigenvalue weighted by atomic mass is 10.3. The number of hydrogen-bond donors (Lipinski definition) is 2. The van der Waals surface area contributed by atoms with E-state index in [4.69, 9.17) is 21.7 Å². The third-order valence-electron chi connectivity index (χ3n) is 3.82. The Morgan fingerprint density at radius 3 is 1.91 bits per heavy atom. The Bertz CT molecular complexity index is 510. The minimum atomic E-state index is 0.497. The third-order valence-corrected chi connectivity index (χ3v) is 4.13. The molecule has 2 fully saturated rings. The molecule has 0 unspecified atom stereocenters. The van der Waals surface area contributed by atoms with Gasteiger partial charge in [0, 0.05) is 39.3 Å². The summed E-state index contributed by atoms with van der Waals surface area (Å²) in [6, 6.07) is 2.03. The monoisotopic (exact) mass is 338 g/mol. The molecule has 0 bridgehead atoms. The predicted molar refractivity (Wildman–Crippen MR) is 93.4 cm³/mol. The van der Waals surface area contributed by atoms with Crippen LogP contribution in [0.5, 0.6) is 0 Å². The SMILES string of the molecule is CNC(=S)Nc1nc(N2CCOCC2)cc(N2CCOCC2)n1.